The van der Waals surface area contributed by atoms with Gasteiger partial charge in [0.2, 0.25) is 0 Å². The SMILES string of the molecule is CCc1c(N)noc1-c1ccccc1F. The molecule has 3 nitrogen and oxygen atoms in total. The Morgan fingerprint density at radius 3 is 2.80 bits per heavy atom. The van der Waals surface area contributed by atoms with Crippen LogP contribution < -0.4 is 5.73 Å². The minimum atomic E-state index is -0.330. The number of hydrogen-bond donors (Lipinski definition) is 1. The highest BCUT2D eigenvalue weighted by Gasteiger charge is 2.16. The smallest absolute Gasteiger partial charge is 0.175 e. The molecule has 0 radical (unpaired) electrons. The number of rotatable bonds is 2. The molecule has 0 aliphatic rings. The first-order valence-electron chi connectivity index (χ1n) is 4.73. The van der Waals surface area contributed by atoms with Gasteiger partial charge < -0.3 is 10.3 Å². The molecule has 0 unspecified atom stereocenters. The van der Waals surface area contributed by atoms with E-state index in [2.05, 4.69) is 5.16 Å². The molecule has 0 amide bonds. The first-order chi connectivity index (χ1) is 7.24. The minimum Gasteiger partial charge on any atom is -0.381 e. The minimum absolute atomic E-state index is 0.329. The Labute approximate surface area is 86.7 Å². The van der Waals surface area contributed by atoms with E-state index in [1.165, 1.54) is 6.07 Å². The highest BCUT2D eigenvalue weighted by atomic mass is 19.1. The van der Waals surface area contributed by atoms with Crippen LogP contribution >= 0.6 is 0 Å². The van der Waals surface area contributed by atoms with E-state index in [0.717, 1.165) is 5.56 Å². The van der Waals surface area contributed by atoms with Crippen molar-refractivity contribution in [2.45, 2.75) is 13.3 Å². The van der Waals surface area contributed by atoms with E-state index in [4.69, 9.17) is 10.3 Å². The van der Waals surface area contributed by atoms with Gasteiger partial charge in [-0.15, -0.1) is 0 Å². The average Bonchev–Trinajstić information content (AvgIpc) is 2.60. The zero-order chi connectivity index (χ0) is 10.8. The van der Waals surface area contributed by atoms with Gasteiger partial charge in [0, 0.05) is 5.56 Å². The Morgan fingerprint density at radius 2 is 2.13 bits per heavy atom. The standard InChI is InChI=1S/C11H11FN2O/c1-2-7-10(15-14-11(7)13)8-5-3-4-6-9(8)12/h3-6H,2H2,1H3,(H2,13,14). The van der Waals surface area contributed by atoms with Crippen LogP contribution in [0.15, 0.2) is 28.8 Å². The van der Waals surface area contributed by atoms with Crippen molar-refractivity contribution < 1.29 is 8.91 Å². The summed E-state index contributed by atoms with van der Waals surface area (Å²) in [7, 11) is 0. The summed E-state index contributed by atoms with van der Waals surface area (Å²) in [5.41, 5.74) is 6.76. The van der Waals surface area contributed by atoms with Gasteiger partial charge in [-0.3, -0.25) is 0 Å². The number of hydrogen-bond acceptors (Lipinski definition) is 3. The molecule has 0 aliphatic carbocycles. The maximum atomic E-state index is 13.5. The van der Waals surface area contributed by atoms with Gasteiger partial charge in [0.05, 0.1) is 5.56 Å². The third kappa shape index (κ3) is 1.58. The molecule has 2 aromatic rings. The second-order valence-corrected chi connectivity index (χ2v) is 3.21. The van der Waals surface area contributed by atoms with Gasteiger partial charge in [0.15, 0.2) is 11.6 Å². The first kappa shape index (κ1) is 9.71. The van der Waals surface area contributed by atoms with Crippen molar-refractivity contribution in [3.8, 4) is 11.3 Å². The maximum absolute atomic E-state index is 13.5. The molecule has 0 spiro atoms. The molecular weight excluding hydrogens is 195 g/mol. The van der Waals surface area contributed by atoms with Gasteiger partial charge >= 0.3 is 0 Å². The summed E-state index contributed by atoms with van der Waals surface area (Å²) in [6.45, 7) is 1.92. The normalized spacial score (nSPS) is 10.5. The summed E-state index contributed by atoms with van der Waals surface area (Å²) in [6, 6.07) is 6.41. The lowest BCUT2D eigenvalue weighted by Gasteiger charge is -2.00. The van der Waals surface area contributed by atoms with Crippen LogP contribution in [0.25, 0.3) is 11.3 Å². The number of aromatic nitrogens is 1. The van der Waals surface area contributed by atoms with Crippen LogP contribution in [0, 0.1) is 5.82 Å². The zero-order valence-electron chi connectivity index (χ0n) is 8.33. The number of halogens is 1. The third-order valence-electron chi connectivity index (χ3n) is 2.29. The summed E-state index contributed by atoms with van der Waals surface area (Å²) in [6.07, 6.45) is 0.666. The Balaban J connectivity index is 2.59. The summed E-state index contributed by atoms with van der Waals surface area (Å²) >= 11 is 0. The molecule has 0 fully saturated rings. The highest BCUT2D eigenvalue weighted by Crippen LogP contribution is 2.29. The van der Waals surface area contributed by atoms with Crippen molar-refractivity contribution in [3.63, 3.8) is 0 Å². The molecular formula is C11H11FN2O. The van der Waals surface area contributed by atoms with E-state index in [1.54, 1.807) is 18.2 Å². The number of anilines is 1. The molecule has 4 heteroatoms. The van der Waals surface area contributed by atoms with Gasteiger partial charge in [-0.2, -0.15) is 0 Å². The van der Waals surface area contributed by atoms with Crippen molar-refractivity contribution in [1.82, 2.24) is 5.16 Å². The largest absolute Gasteiger partial charge is 0.381 e. The quantitative estimate of drug-likeness (QED) is 0.821. The average molecular weight is 206 g/mol. The lowest BCUT2D eigenvalue weighted by Crippen LogP contribution is -1.91. The van der Waals surface area contributed by atoms with Gasteiger partial charge in [0.1, 0.15) is 5.82 Å². The van der Waals surface area contributed by atoms with Gasteiger partial charge in [0.25, 0.3) is 0 Å². The Hall–Kier alpha value is -1.84. The third-order valence-corrected chi connectivity index (χ3v) is 2.29. The molecule has 1 aromatic carbocycles. The molecule has 2 rings (SSSR count). The van der Waals surface area contributed by atoms with Gasteiger partial charge in [-0.05, 0) is 18.6 Å². The van der Waals surface area contributed by atoms with Crippen LogP contribution in [-0.4, -0.2) is 5.16 Å². The van der Waals surface area contributed by atoms with Crippen molar-refractivity contribution >= 4 is 5.82 Å². The molecule has 1 aromatic heterocycles. The van der Waals surface area contributed by atoms with Crippen LogP contribution in [0.4, 0.5) is 10.2 Å². The van der Waals surface area contributed by atoms with Crippen LogP contribution in [0.5, 0.6) is 0 Å². The fourth-order valence-electron chi connectivity index (χ4n) is 1.52. The lowest BCUT2D eigenvalue weighted by atomic mass is 10.1. The van der Waals surface area contributed by atoms with Crippen LogP contribution in [0.1, 0.15) is 12.5 Å². The van der Waals surface area contributed by atoms with Crippen LogP contribution in [0.2, 0.25) is 0 Å². The number of benzene rings is 1. The fourth-order valence-corrected chi connectivity index (χ4v) is 1.52. The predicted molar refractivity (Wildman–Crippen MR) is 55.7 cm³/mol. The molecule has 0 bridgehead atoms. The number of nitrogens with zero attached hydrogens (tertiary/aromatic N) is 1. The summed E-state index contributed by atoms with van der Waals surface area (Å²) in [5, 5.41) is 3.64. The van der Waals surface area contributed by atoms with Crippen molar-refractivity contribution in [2.24, 2.45) is 0 Å². The lowest BCUT2D eigenvalue weighted by molar-refractivity contribution is 0.432. The zero-order valence-corrected chi connectivity index (χ0v) is 8.33. The Bertz CT molecular complexity index is 479. The molecule has 2 N–H and O–H groups in total. The predicted octanol–water partition coefficient (Wildman–Crippen LogP) is 2.63. The second kappa shape index (κ2) is 3.73. The molecule has 0 aliphatic heterocycles. The maximum Gasteiger partial charge on any atom is 0.175 e. The van der Waals surface area contributed by atoms with E-state index < -0.39 is 0 Å². The van der Waals surface area contributed by atoms with E-state index in [1.807, 2.05) is 6.92 Å². The highest BCUT2D eigenvalue weighted by molar-refractivity contribution is 5.66. The molecule has 0 atom stereocenters. The van der Waals surface area contributed by atoms with E-state index in [-0.39, 0.29) is 5.82 Å². The molecule has 1 heterocycles. The van der Waals surface area contributed by atoms with Crippen molar-refractivity contribution in [2.75, 3.05) is 5.73 Å². The van der Waals surface area contributed by atoms with Crippen molar-refractivity contribution in [1.29, 1.82) is 0 Å². The summed E-state index contributed by atoms with van der Waals surface area (Å²) in [4.78, 5) is 0. The van der Waals surface area contributed by atoms with Gasteiger partial charge in [-0.25, -0.2) is 4.39 Å². The molecule has 0 saturated carbocycles. The topological polar surface area (TPSA) is 52.0 Å². The Kier molecular flexibility index (Phi) is 2.41. The summed E-state index contributed by atoms with van der Waals surface area (Å²) < 4.78 is 18.5. The number of nitrogens with two attached hydrogens (primary N) is 1. The molecule has 15 heavy (non-hydrogen) atoms. The van der Waals surface area contributed by atoms with Crippen molar-refractivity contribution in [3.05, 3.63) is 35.6 Å². The fraction of sp³-hybridized carbons (Fsp3) is 0.182. The first-order valence-corrected chi connectivity index (χ1v) is 4.73. The summed E-state index contributed by atoms with van der Waals surface area (Å²) in [5.74, 6) is 0.423. The second-order valence-electron chi connectivity index (χ2n) is 3.21. The number of nitrogen functional groups attached to an aromatic ring is 1. The molecule has 0 saturated heterocycles. The van der Waals surface area contributed by atoms with Crippen LogP contribution in [-0.2, 0) is 6.42 Å². The van der Waals surface area contributed by atoms with E-state index in [9.17, 15) is 4.39 Å². The van der Waals surface area contributed by atoms with E-state index in [0.29, 0.717) is 23.6 Å². The molecule has 78 valence electrons. The van der Waals surface area contributed by atoms with E-state index >= 15 is 0 Å². The Morgan fingerprint density at radius 1 is 1.40 bits per heavy atom. The monoisotopic (exact) mass is 206 g/mol. The van der Waals surface area contributed by atoms with Gasteiger partial charge in [-0.1, -0.05) is 24.2 Å². The van der Waals surface area contributed by atoms with Crippen LogP contribution in [0.3, 0.4) is 0 Å².